The van der Waals surface area contributed by atoms with Crippen LogP contribution < -0.4 is 5.73 Å². The lowest BCUT2D eigenvalue weighted by atomic mass is 9.96. The van der Waals surface area contributed by atoms with E-state index in [9.17, 15) is 8.42 Å². The van der Waals surface area contributed by atoms with Crippen LogP contribution in [0.25, 0.3) is 0 Å². The SMILES string of the molecule is NCCC1CCCN(S(=O)(=O)CCc2ccccn2)C1. The highest BCUT2D eigenvalue weighted by Crippen LogP contribution is 2.21. The highest BCUT2D eigenvalue weighted by Gasteiger charge is 2.28. The van der Waals surface area contributed by atoms with Crippen LogP contribution in [0.3, 0.4) is 0 Å². The Bertz CT molecular complexity index is 502. The van der Waals surface area contributed by atoms with Crippen molar-refractivity contribution in [1.29, 1.82) is 0 Å². The molecule has 1 aliphatic rings. The summed E-state index contributed by atoms with van der Waals surface area (Å²) in [5.74, 6) is 0.553. The summed E-state index contributed by atoms with van der Waals surface area (Å²) in [4.78, 5) is 4.17. The molecule has 1 atom stereocenters. The van der Waals surface area contributed by atoms with Crippen molar-refractivity contribution >= 4 is 10.0 Å². The summed E-state index contributed by atoms with van der Waals surface area (Å²) in [5, 5.41) is 0. The summed E-state index contributed by atoms with van der Waals surface area (Å²) in [7, 11) is -3.18. The highest BCUT2D eigenvalue weighted by atomic mass is 32.2. The molecule has 0 saturated carbocycles. The lowest BCUT2D eigenvalue weighted by molar-refractivity contribution is 0.258. The summed E-state index contributed by atoms with van der Waals surface area (Å²) < 4.78 is 26.4. The van der Waals surface area contributed by atoms with Crippen LogP contribution >= 0.6 is 0 Å². The standard InChI is InChI=1S/C14H23N3O2S/c15-8-6-13-4-3-10-17(12-13)20(18,19)11-7-14-5-1-2-9-16-14/h1-2,5,9,13H,3-4,6-8,10-12,15H2. The largest absolute Gasteiger partial charge is 0.330 e. The number of pyridine rings is 1. The summed E-state index contributed by atoms with van der Waals surface area (Å²) in [6, 6.07) is 5.58. The molecule has 2 heterocycles. The lowest BCUT2D eigenvalue weighted by Gasteiger charge is -2.31. The predicted octanol–water partition coefficient (Wildman–Crippen LogP) is 1.01. The van der Waals surface area contributed by atoms with Crippen LogP contribution in [0, 0.1) is 5.92 Å². The average Bonchev–Trinajstić information content (AvgIpc) is 2.47. The molecular weight excluding hydrogens is 274 g/mol. The fourth-order valence-corrected chi connectivity index (χ4v) is 4.23. The number of aryl methyl sites for hydroxylation is 1. The molecule has 1 aromatic rings. The smallest absolute Gasteiger partial charge is 0.214 e. The van der Waals surface area contributed by atoms with Gasteiger partial charge in [-0.15, -0.1) is 0 Å². The molecule has 2 N–H and O–H groups in total. The zero-order valence-corrected chi connectivity index (χ0v) is 12.6. The van der Waals surface area contributed by atoms with E-state index in [4.69, 9.17) is 5.73 Å². The van der Waals surface area contributed by atoms with E-state index in [1.165, 1.54) is 0 Å². The maximum atomic E-state index is 12.4. The van der Waals surface area contributed by atoms with Crippen LogP contribution in [0.4, 0.5) is 0 Å². The number of piperidine rings is 1. The number of hydrogen-bond donors (Lipinski definition) is 1. The molecule has 0 radical (unpaired) electrons. The number of hydrogen-bond acceptors (Lipinski definition) is 4. The molecule has 1 fully saturated rings. The molecule has 0 aliphatic carbocycles. The van der Waals surface area contributed by atoms with Crippen LogP contribution in [0.5, 0.6) is 0 Å². The topological polar surface area (TPSA) is 76.3 Å². The molecule has 6 heteroatoms. The maximum absolute atomic E-state index is 12.4. The van der Waals surface area contributed by atoms with Gasteiger partial charge in [0.2, 0.25) is 10.0 Å². The van der Waals surface area contributed by atoms with Gasteiger partial charge in [-0.05, 0) is 43.9 Å². The van der Waals surface area contributed by atoms with Gasteiger partial charge in [0.25, 0.3) is 0 Å². The second-order valence-corrected chi connectivity index (χ2v) is 7.42. The number of nitrogens with zero attached hydrogens (tertiary/aromatic N) is 2. The Morgan fingerprint density at radius 2 is 2.25 bits per heavy atom. The first-order valence-electron chi connectivity index (χ1n) is 7.19. The average molecular weight is 297 g/mol. The van der Waals surface area contributed by atoms with Crippen molar-refractivity contribution < 1.29 is 8.42 Å². The summed E-state index contributed by atoms with van der Waals surface area (Å²) in [6.45, 7) is 1.90. The Balaban J connectivity index is 1.92. The fourth-order valence-electron chi connectivity index (χ4n) is 2.66. The lowest BCUT2D eigenvalue weighted by Crippen LogP contribution is -2.41. The first kappa shape index (κ1) is 15.4. The minimum absolute atomic E-state index is 0.138. The molecule has 0 bridgehead atoms. The Hall–Kier alpha value is -0.980. The van der Waals surface area contributed by atoms with Gasteiger partial charge >= 0.3 is 0 Å². The molecule has 112 valence electrons. The van der Waals surface area contributed by atoms with Crippen LogP contribution in [0.1, 0.15) is 25.0 Å². The van der Waals surface area contributed by atoms with Gasteiger partial charge in [-0.1, -0.05) is 6.07 Å². The monoisotopic (exact) mass is 297 g/mol. The van der Waals surface area contributed by atoms with E-state index in [-0.39, 0.29) is 5.75 Å². The van der Waals surface area contributed by atoms with Crippen LogP contribution in [0.15, 0.2) is 24.4 Å². The van der Waals surface area contributed by atoms with Gasteiger partial charge < -0.3 is 5.73 Å². The second kappa shape index (κ2) is 7.15. The Labute approximate surface area is 121 Å². The minimum atomic E-state index is -3.18. The Kier molecular flexibility index (Phi) is 5.51. The Morgan fingerprint density at radius 3 is 2.95 bits per heavy atom. The molecule has 0 amide bonds. The van der Waals surface area contributed by atoms with Gasteiger partial charge in [-0.2, -0.15) is 0 Å². The third-order valence-corrected chi connectivity index (χ3v) is 5.63. The van der Waals surface area contributed by atoms with Crippen LogP contribution in [-0.4, -0.2) is 43.1 Å². The zero-order valence-electron chi connectivity index (χ0n) is 11.7. The second-order valence-electron chi connectivity index (χ2n) is 5.33. The van der Waals surface area contributed by atoms with E-state index in [0.717, 1.165) is 25.0 Å². The van der Waals surface area contributed by atoms with E-state index >= 15 is 0 Å². The molecule has 1 saturated heterocycles. The van der Waals surface area contributed by atoms with Gasteiger partial charge in [0, 0.05) is 31.4 Å². The van der Waals surface area contributed by atoms with Gasteiger partial charge in [0.15, 0.2) is 0 Å². The molecule has 1 aliphatic heterocycles. The quantitative estimate of drug-likeness (QED) is 0.850. The van der Waals surface area contributed by atoms with Gasteiger partial charge in [0.1, 0.15) is 0 Å². The van der Waals surface area contributed by atoms with E-state index in [0.29, 0.717) is 32.0 Å². The molecule has 20 heavy (non-hydrogen) atoms. The molecule has 1 unspecified atom stereocenters. The van der Waals surface area contributed by atoms with E-state index in [1.54, 1.807) is 10.5 Å². The molecule has 1 aromatic heterocycles. The molecule has 5 nitrogen and oxygen atoms in total. The first-order chi connectivity index (χ1) is 9.62. The van der Waals surface area contributed by atoms with Crippen molar-refractivity contribution in [2.45, 2.75) is 25.7 Å². The third kappa shape index (κ3) is 4.26. The fraction of sp³-hybridized carbons (Fsp3) is 0.643. The molecule has 0 spiro atoms. The Morgan fingerprint density at radius 1 is 1.40 bits per heavy atom. The van der Waals surface area contributed by atoms with Gasteiger partial charge in [-0.25, -0.2) is 12.7 Å². The summed E-state index contributed by atoms with van der Waals surface area (Å²) in [5.41, 5.74) is 6.40. The van der Waals surface area contributed by atoms with E-state index in [1.807, 2.05) is 18.2 Å². The molecule has 0 aromatic carbocycles. The van der Waals surface area contributed by atoms with Crippen molar-refractivity contribution in [2.24, 2.45) is 11.7 Å². The molecular formula is C14H23N3O2S. The van der Waals surface area contributed by atoms with Crippen LogP contribution in [-0.2, 0) is 16.4 Å². The van der Waals surface area contributed by atoms with Gasteiger partial charge in [0.05, 0.1) is 5.75 Å². The predicted molar refractivity (Wildman–Crippen MR) is 79.7 cm³/mol. The normalized spacial score (nSPS) is 20.9. The van der Waals surface area contributed by atoms with Crippen molar-refractivity contribution in [3.05, 3.63) is 30.1 Å². The van der Waals surface area contributed by atoms with E-state index < -0.39 is 10.0 Å². The third-order valence-electron chi connectivity index (χ3n) is 3.79. The highest BCUT2D eigenvalue weighted by molar-refractivity contribution is 7.89. The zero-order chi connectivity index (χ0) is 14.4. The van der Waals surface area contributed by atoms with Crippen molar-refractivity contribution in [3.8, 4) is 0 Å². The van der Waals surface area contributed by atoms with Gasteiger partial charge in [-0.3, -0.25) is 4.98 Å². The number of aromatic nitrogens is 1. The van der Waals surface area contributed by atoms with E-state index in [2.05, 4.69) is 4.98 Å². The summed E-state index contributed by atoms with van der Waals surface area (Å²) >= 11 is 0. The minimum Gasteiger partial charge on any atom is -0.330 e. The maximum Gasteiger partial charge on any atom is 0.214 e. The van der Waals surface area contributed by atoms with Crippen molar-refractivity contribution in [2.75, 3.05) is 25.4 Å². The first-order valence-corrected chi connectivity index (χ1v) is 8.80. The molecule has 2 rings (SSSR count). The summed E-state index contributed by atoms with van der Waals surface area (Å²) in [6.07, 6.45) is 5.10. The van der Waals surface area contributed by atoms with Crippen molar-refractivity contribution in [1.82, 2.24) is 9.29 Å². The van der Waals surface area contributed by atoms with Crippen LogP contribution in [0.2, 0.25) is 0 Å². The number of sulfonamides is 1. The number of rotatable bonds is 6. The number of nitrogens with two attached hydrogens (primary N) is 1. The van der Waals surface area contributed by atoms with Crippen molar-refractivity contribution in [3.63, 3.8) is 0 Å².